The number of anilines is 2. The summed E-state index contributed by atoms with van der Waals surface area (Å²) in [6.07, 6.45) is 2.47. The van der Waals surface area contributed by atoms with E-state index in [1.807, 2.05) is 18.2 Å². The zero-order chi connectivity index (χ0) is 19.3. The maximum absolute atomic E-state index is 12.5. The molecule has 1 heterocycles. The quantitative estimate of drug-likeness (QED) is 0.667. The number of sulfonamides is 1. The van der Waals surface area contributed by atoms with Gasteiger partial charge in [-0.3, -0.25) is 9.71 Å². The summed E-state index contributed by atoms with van der Waals surface area (Å²) in [5, 5.41) is 6.54. The fourth-order valence-corrected chi connectivity index (χ4v) is 4.11. The minimum atomic E-state index is -3.65. The third kappa shape index (κ3) is 5.27. The standard InChI is InChI=1S/C19H22N4O2S2/c1-2-14-6-3-7-15(12-14)21-19(26)22-16-8-4-9-17(13-16)27(24,25)23-18-10-5-11-20-18/h3-4,6-9,12-13H,2,5,10-11H2,1H3,(H,20,23)(H2,21,22,26). The molecule has 0 atom stereocenters. The second kappa shape index (κ2) is 8.49. The molecule has 0 unspecified atom stereocenters. The first kappa shape index (κ1) is 19.3. The number of benzene rings is 2. The zero-order valence-electron chi connectivity index (χ0n) is 15.0. The SMILES string of the molecule is CCc1cccc(NC(=S)Nc2cccc(S(=O)(=O)NC3=NCCC3)c2)c1. The summed E-state index contributed by atoms with van der Waals surface area (Å²) >= 11 is 5.34. The van der Waals surface area contributed by atoms with Crippen molar-refractivity contribution in [2.75, 3.05) is 17.2 Å². The maximum Gasteiger partial charge on any atom is 0.262 e. The van der Waals surface area contributed by atoms with Gasteiger partial charge < -0.3 is 10.6 Å². The number of aryl methyl sites for hydroxylation is 1. The lowest BCUT2D eigenvalue weighted by Gasteiger charge is -2.13. The largest absolute Gasteiger partial charge is 0.332 e. The minimum absolute atomic E-state index is 0.165. The van der Waals surface area contributed by atoms with Crippen LogP contribution in [0, 0.1) is 0 Å². The molecule has 142 valence electrons. The number of hydrogen-bond acceptors (Lipinski definition) is 4. The van der Waals surface area contributed by atoms with Crippen LogP contribution in [0.4, 0.5) is 11.4 Å². The molecule has 0 aromatic heterocycles. The van der Waals surface area contributed by atoms with E-state index < -0.39 is 10.0 Å². The second-order valence-electron chi connectivity index (χ2n) is 6.20. The third-order valence-electron chi connectivity index (χ3n) is 4.12. The van der Waals surface area contributed by atoms with Gasteiger partial charge in [0.25, 0.3) is 10.0 Å². The molecule has 0 radical (unpaired) electrons. The van der Waals surface area contributed by atoms with Crippen molar-refractivity contribution in [3.05, 3.63) is 54.1 Å². The van der Waals surface area contributed by atoms with Gasteiger partial charge in [-0.25, -0.2) is 8.42 Å². The van der Waals surface area contributed by atoms with Crippen molar-refractivity contribution in [1.82, 2.24) is 4.72 Å². The molecular weight excluding hydrogens is 380 g/mol. The van der Waals surface area contributed by atoms with Crippen molar-refractivity contribution < 1.29 is 8.42 Å². The molecule has 3 rings (SSSR count). The molecule has 2 aromatic rings. The first-order valence-corrected chi connectivity index (χ1v) is 10.7. The molecular formula is C19H22N4O2S2. The molecule has 2 aromatic carbocycles. The lowest BCUT2D eigenvalue weighted by molar-refractivity contribution is 0.592. The smallest absolute Gasteiger partial charge is 0.262 e. The lowest BCUT2D eigenvalue weighted by Crippen LogP contribution is -2.29. The molecule has 0 amide bonds. The molecule has 8 heteroatoms. The van der Waals surface area contributed by atoms with Crippen molar-refractivity contribution in [3.8, 4) is 0 Å². The lowest BCUT2D eigenvalue weighted by atomic mass is 10.1. The molecule has 0 saturated heterocycles. The molecule has 6 nitrogen and oxygen atoms in total. The Labute approximate surface area is 165 Å². The number of nitrogens with zero attached hydrogens (tertiary/aromatic N) is 1. The Hall–Kier alpha value is -2.45. The molecule has 1 aliphatic rings. The van der Waals surface area contributed by atoms with E-state index in [0.717, 1.165) is 18.5 Å². The molecule has 27 heavy (non-hydrogen) atoms. The van der Waals surface area contributed by atoms with E-state index in [1.54, 1.807) is 24.3 Å². The summed E-state index contributed by atoms with van der Waals surface area (Å²) in [5.41, 5.74) is 2.68. The Bertz CT molecular complexity index is 971. The normalized spacial score (nSPS) is 13.7. The predicted molar refractivity (Wildman–Crippen MR) is 114 cm³/mol. The van der Waals surface area contributed by atoms with E-state index >= 15 is 0 Å². The predicted octanol–water partition coefficient (Wildman–Crippen LogP) is 3.53. The molecule has 1 aliphatic heterocycles. The van der Waals surface area contributed by atoms with Gasteiger partial charge in [0.15, 0.2) is 5.11 Å². The van der Waals surface area contributed by atoms with Gasteiger partial charge in [-0.2, -0.15) is 0 Å². The first-order valence-electron chi connectivity index (χ1n) is 8.79. The van der Waals surface area contributed by atoms with Gasteiger partial charge in [0, 0.05) is 24.3 Å². The molecule has 0 saturated carbocycles. The van der Waals surface area contributed by atoms with Crippen LogP contribution in [0.3, 0.4) is 0 Å². The third-order valence-corrected chi connectivity index (χ3v) is 5.70. The van der Waals surface area contributed by atoms with Crippen LogP contribution in [-0.4, -0.2) is 25.9 Å². The van der Waals surface area contributed by atoms with Crippen LogP contribution in [0.15, 0.2) is 58.4 Å². The van der Waals surface area contributed by atoms with E-state index in [0.29, 0.717) is 29.6 Å². The van der Waals surface area contributed by atoms with Crippen molar-refractivity contribution in [1.29, 1.82) is 0 Å². The van der Waals surface area contributed by atoms with Crippen LogP contribution in [0.2, 0.25) is 0 Å². The molecule has 3 N–H and O–H groups in total. The van der Waals surface area contributed by atoms with Crippen molar-refractivity contribution >= 4 is 44.6 Å². The van der Waals surface area contributed by atoms with Gasteiger partial charge in [-0.15, -0.1) is 0 Å². The number of hydrogen-bond donors (Lipinski definition) is 3. The Morgan fingerprint density at radius 2 is 1.81 bits per heavy atom. The Balaban J connectivity index is 1.68. The van der Waals surface area contributed by atoms with Crippen molar-refractivity contribution in [2.45, 2.75) is 31.1 Å². The molecule has 0 spiro atoms. The summed E-state index contributed by atoms with van der Waals surface area (Å²) in [5.74, 6) is 0.515. The summed E-state index contributed by atoms with van der Waals surface area (Å²) in [7, 11) is -3.65. The number of thiocarbonyl (C=S) groups is 1. The topological polar surface area (TPSA) is 82.6 Å². The Morgan fingerprint density at radius 3 is 2.48 bits per heavy atom. The monoisotopic (exact) mass is 402 g/mol. The molecule has 0 aliphatic carbocycles. The van der Waals surface area contributed by atoms with Gasteiger partial charge in [-0.1, -0.05) is 25.1 Å². The average Bonchev–Trinajstić information content (AvgIpc) is 3.14. The highest BCUT2D eigenvalue weighted by Gasteiger charge is 2.18. The summed E-state index contributed by atoms with van der Waals surface area (Å²) in [4.78, 5) is 4.32. The number of aliphatic imine (C=N–C) groups is 1. The zero-order valence-corrected chi connectivity index (χ0v) is 16.7. The van der Waals surface area contributed by atoms with Gasteiger partial charge in [0.1, 0.15) is 5.84 Å². The van der Waals surface area contributed by atoms with Gasteiger partial charge >= 0.3 is 0 Å². The number of nitrogens with one attached hydrogen (secondary N) is 3. The number of rotatable bonds is 5. The Kier molecular flexibility index (Phi) is 6.08. The van der Waals surface area contributed by atoms with E-state index in [1.165, 1.54) is 5.56 Å². The van der Waals surface area contributed by atoms with E-state index in [4.69, 9.17) is 12.2 Å². The van der Waals surface area contributed by atoms with E-state index in [2.05, 4.69) is 33.3 Å². The first-order chi connectivity index (χ1) is 13.0. The highest BCUT2D eigenvalue weighted by atomic mass is 32.2. The number of amidine groups is 1. The van der Waals surface area contributed by atoms with Crippen LogP contribution in [0.1, 0.15) is 25.3 Å². The van der Waals surface area contributed by atoms with Gasteiger partial charge in [0.05, 0.1) is 4.90 Å². The van der Waals surface area contributed by atoms with E-state index in [-0.39, 0.29) is 4.90 Å². The van der Waals surface area contributed by atoms with Crippen LogP contribution in [0.5, 0.6) is 0 Å². The van der Waals surface area contributed by atoms with Gasteiger partial charge in [-0.05, 0) is 61.0 Å². The van der Waals surface area contributed by atoms with Crippen molar-refractivity contribution in [3.63, 3.8) is 0 Å². The second-order valence-corrected chi connectivity index (χ2v) is 8.29. The Morgan fingerprint density at radius 1 is 1.11 bits per heavy atom. The highest BCUT2D eigenvalue weighted by molar-refractivity contribution is 7.90. The summed E-state index contributed by atoms with van der Waals surface area (Å²) < 4.78 is 27.6. The fourth-order valence-electron chi connectivity index (χ4n) is 2.74. The van der Waals surface area contributed by atoms with Crippen LogP contribution in [0.25, 0.3) is 0 Å². The average molecular weight is 403 g/mol. The van der Waals surface area contributed by atoms with E-state index in [9.17, 15) is 8.42 Å². The minimum Gasteiger partial charge on any atom is -0.332 e. The van der Waals surface area contributed by atoms with Crippen LogP contribution < -0.4 is 15.4 Å². The summed E-state index contributed by atoms with van der Waals surface area (Å²) in [6, 6.07) is 14.5. The molecule has 0 fully saturated rings. The molecule has 0 bridgehead atoms. The van der Waals surface area contributed by atoms with Crippen LogP contribution in [-0.2, 0) is 16.4 Å². The fraction of sp³-hybridized carbons (Fsp3) is 0.263. The van der Waals surface area contributed by atoms with Crippen molar-refractivity contribution in [2.24, 2.45) is 4.99 Å². The maximum atomic E-state index is 12.5. The summed E-state index contributed by atoms with van der Waals surface area (Å²) in [6.45, 7) is 2.76. The highest BCUT2D eigenvalue weighted by Crippen LogP contribution is 2.17. The van der Waals surface area contributed by atoms with Crippen LogP contribution >= 0.6 is 12.2 Å². The van der Waals surface area contributed by atoms with Gasteiger partial charge in [0.2, 0.25) is 0 Å².